The van der Waals surface area contributed by atoms with E-state index < -0.39 is 0 Å². The highest BCUT2D eigenvalue weighted by Gasteiger charge is 2.09. The molecule has 0 bridgehead atoms. The van der Waals surface area contributed by atoms with Gasteiger partial charge in [-0.05, 0) is 19.1 Å². The van der Waals surface area contributed by atoms with E-state index in [0.29, 0.717) is 0 Å². The Labute approximate surface area is 97.9 Å². The molecule has 0 amide bonds. The summed E-state index contributed by atoms with van der Waals surface area (Å²) in [4.78, 5) is 2.47. The number of aryl methyl sites for hydroxylation is 1. The van der Waals surface area contributed by atoms with Gasteiger partial charge in [-0.15, -0.1) is 0 Å². The Hall–Kier alpha value is -0.630. The normalized spacial score (nSPS) is 15.5. The molecule has 1 saturated heterocycles. The van der Waals surface area contributed by atoms with Crippen molar-refractivity contribution in [3.05, 3.63) is 29.8 Å². The highest BCUT2D eigenvalue weighted by atomic mass is 32.2. The van der Waals surface area contributed by atoms with Gasteiger partial charge < -0.3 is 4.90 Å². The lowest BCUT2D eigenvalue weighted by Gasteiger charge is -2.28. The van der Waals surface area contributed by atoms with Crippen molar-refractivity contribution in [1.82, 2.24) is 0 Å². The van der Waals surface area contributed by atoms with Gasteiger partial charge in [0.2, 0.25) is 0 Å². The molecule has 1 fully saturated rings. The average Bonchev–Trinajstić information content (AvgIpc) is 2.34. The van der Waals surface area contributed by atoms with Gasteiger partial charge in [0.15, 0.2) is 0 Å². The van der Waals surface area contributed by atoms with Crippen molar-refractivity contribution in [1.29, 1.82) is 0 Å². The van der Waals surface area contributed by atoms with Gasteiger partial charge in [0.1, 0.15) is 0 Å². The van der Waals surface area contributed by atoms with Crippen molar-refractivity contribution in [3.63, 3.8) is 0 Å². The molecule has 84 valence electrons. The van der Waals surface area contributed by atoms with Gasteiger partial charge in [0.05, 0.1) is 0 Å². The number of hydrogen-bond acceptors (Lipinski definition) is 2. The van der Waals surface area contributed by atoms with Gasteiger partial charge in [-0.25, -0.2) is 0 Å². The van der Waals surface area contributed by atoms with E-state index in [2.05, 4.69) is 47.9 Å². The maximum Gasteiger partial charge on any atom is 0.0366 e. The van der Waals surface area contributed by atoms with E-state index in [0.717, 1.165) is 0 Å². The summed E-state index contributed by atoms with van der Waals surface area (Å²) < 4.78 is 0. The van der Waals surface area contributed by atoms with Crippen LogP contribution in [0.3, 0.4) is 0 Å². The minimum Gasteiger partial charge on any atom is -0.370 e. The van der Waals surface area contributed by atoms with Crippen LogP contribution in [0.1, 0.15) is 19.4 Å². The van der Waals surface area contributed by atoms with Crippen molar-refractivity contribution >= 4 is 17.4 Å². The summed E-state index contributed by atoms with van der Waals surface area (Å²) in [5, 5.41) is 0. The zero-order valence-corrected chi connectivity index (χ0v) is 10.8. The molecule has 0 unspecified atom stereocenters. The summed E-state index contributed by atoms with van der Waals surface area (Å²) in [6.07, 6.45) is 0. The fourth-order valence-corrected chi connectivity index (χ4v) is 2.48. The number of hydrogen-bond donors (Lipinski definition) is 0. The predicted molar refractivity (Wildman–Crippen MR) is 72.1 cm³/mol. The molecule has 1 aromatic rings. The molecule has 0 atom stereocenters. The van der Waals surface area contributed by atoms with Crippen molar-refractivity contribution in [2.45, 2.75) is 20.8 Å². The van der Waals surface area contributed by atoms with Crippen molar-refractivity contribution in [3.8, 4) is 0 Å². The first-order valence-corrected chi connectivity index (χ1v) is 6.91. The molecule has 1 aromatic carbocycles. The fourth-order valence-electron chi connectivity index (χ4n) is 1.58. The summed E-state index contributed by atoms with van der Waals surface area (Å²) in [6, 6.07) is 8.84. The van der Waals surface area contributed by atoms with Crippen molar-refractivity contribution < 1.29 is 0 Å². The molecule has 2 rings (SSSR count). The molecule has 0 spiro atoms. The van der Waals surface area contributed by atoms with E-state index in [9.17, 15) is 0 Å². The Morgan fingerprint density at radius 2 is 1.53 bits per heavy atom. The maximum atomic E-state index is 2.47. The van der Waals surface area contributed by atoms with Crippen LogP contribution in [0.25, 0.3) is 0 Å². The van der Waals surface area contributed by atoms with Gasteiger partial charge in [0, 0.05) is 30.3 Å². The topological polar surface area (TPSA) is 3.24 Å². The number of benzene rings is 1. The van der Waals surface area contributed by atoms with Crippen LogP contribution in [-0.4, -0.2) is 24.6 Å². The second kappa shape index (κ2) is 6.78. The van der Waals surface area contributed by atoms with Crippen molar-refractivity contribution in [2.75, 3.05) is 29.5 Å². The third-order valence-electron chi connectivity index (χ3n) is 2.41. The van der Waals surface area contributed by atoms with Crippen molar-refractivity contribution in [2.24, 2.45) is 0 Å². The molecule has 2 heteroatoms. The van der Waals surface area contributed by atoms with Crippen LogP contribution < -0.4 is 4.90 Å². The molecule has 1 heterocycles. The Bertz CT molecular complexity index is 262. The highest BCUT2D eigenvalue weighted by Crippen LogP contribution is 2.19. The highest BCUT2D eigenvalue weighted by molar-refractivity contribution is 7.99. The number of nitrogens with zero attached hydrogens (tertiary/aromatic N) is 1. The summed E-state index contributed by atoms with van der Waals surface area (Å²) >= 11 is 2.05. The lowest BCUT2D eigenvalue weighted by atomic mass is 10.2. The third-order valence-corrected chi connectivity index (χ3v) is 3.35. The van der Waals surface area contributed by atoms with E-state index in [1.54, 1.807) is 0 Å². The quantitative estimate of drug-likeness (QED) is 0.716. The number of thioether (sulfide) groups is 1. The molecule has 1 aliphatic rings. The zero-order chi connectivity index (χ0) is 11.1. The summed E-state index contributed by atoms with van der Waals surface area (Å²) in [7, 11) is 0. The summed E-state index contributed by atoms with van der Waals surface area (Å²) in [6.45, 7) is 8.54. The molecule has 0 N–H and O–H groups in total. The maximum absolute atomic E-state index is 2.47. The molecule has 0 radical (unpaired) electrons. The molecule has 0 saturated carbocycles. The molecule has 1 nitrogen and oxygen atoms in total. The lowest BCUT2D eigenvalue weighted by molar-refractivity contribution is 0.858. The summed E-state index contributed by atoms with van der Waals surface area (Å²) in [5.74, 6) is 2.54. The largest absolute Gasteiger partial charge is 0.370 e. The van der Waals surface area contributed by atoms with E-state index in [1.807, 2.05) is 13.8 Å². The van der Waals surface area contributed by atoms with Crippen LogP contribution in [0.15, 0.2) is 24.3 Å². The molecule has 0 aliphatic carbocycles. The minimum absolute atomic E-state index is 1.20. The van der Waals surface area contributed by atoms with Crippen LogP contribution in [0, 0.1) is 6.92 Å². The van der Waals surface area contributed by atoms with Gasteiger partial charge in [-0.3, -0.25) is 0 Å². The van der Waals surface area contributed by atoms with Crippen LogP contribution in [0.5, 0.6) is 0 Å². The third kappa shape index (κ3) is 3.78. The first-order valence-electron chi connectivity index (χ1n) is 5.75. The minimum atomic E-state index is 1.20. The fraction of sp³-hybridized carbons (Fsp3) is 0.538. The van der Waals surface area contributed by atoms with Gasteiger partial charge in [-0.2, -0.15) is 11.8 Å². The Kier molecular flexibility index (Phi) is 5.62. The first-order chi connectivity index (χ1) is 7.36. The van der Waals surface area contributed by atoms with Crippen LogP contribution in [0.4, 0.5) is 5.69 Å². The standard InChI is InChI=1S/C11H15NS.C2H6/c1-10-2-4-11(5-3-10)12-6-8-13-9-7-12;1-2/h2-5H,6-9H2,1H3;1-2H3. The average molecular weight is 223 g/mol. The smallest absolute Gasteiger partial charge is 0.0366 e. The van der Waals surface area contributed by atoms with Gasteiger partial charge in [-0.1, -0.05) is 31.5 Å². The van der Waals surface area contributed by atoms with E-state index >= 15 is 0 Å². The molecule has 0 aromatic heterocycles. The summed E-state index contributed by atoms with van der Waals surface area (Å²) in [5.41, 5.74) is 2.72. The van der Waals surface area contributed by atoms with E-state index in [1.165, 1.54) is 35.8 Å². The SMILES string of the molecule is CC.Cc1ccc(N2CCSCC2)cc1. The molecule has 1 aliphatic heterocycles. The van der Waals surface area contributed by atoms with Gasteiger partial charge >= 0.3 is 0 Å². The first kappa shape index (κ1) is 12.4. The Morgan fingerprint density at radius 3 is 2.07 bits per heavy atom. The molecular weight excluding hydrogens is 202 g/mol. The zero-order valence-electron chi connectivity index (χ0n) is 9.99. The number of rotatable bonds is 1. The second-order valence-corrected chi connectivity index (χ2v) is 4.66. The Balaban J connectivity index is 0.000000531. The second-order valence-electron chi connectivity index (χ2n) is 3.43. The Morgan fingerprint density at radius 1 is 1.00 bits per heavy atom. The molecule has 15 heavy (non-hydrogen) atoms. The monoisotopic (exact) mass is 223 g/mol. The predicted octanol–water partition coefficient (Wildman–Crippen LogP) is 3.57. The molecular formula is C13H21NS. The lowest BCUT2D eigenvalue weighted by Crippen LogP contribution is -2.32. The number of anilines is 1. The van der Waals surface area contributed by atoms with Crippen LogP contribution in [0.2, 0.25) is 0 Å². The van der Waals surface area contributed by atoms with Gasteiger partial charge in [0.25, 0.3) is 0 Å². The van der Waals surface area contributed by atoms with E-state index in [-0.39, 0.29) is 0 Å². The van der Waals surface area contributed by atoms with Crippen LogP contribution >= 0.6 is 11.8 Å². The van der Waals surface area contributed by atoms with E-state index in [4.69, 9.17) is 0 Å². The van der Waals surface area contributed by atoms with Crippen LogP contribution in [-0.2, 0) is 0 Å².